The number of aromatic nitrogens is 1. The molecule has 1 aliphatic rings. The van der Waals surface area contributed by atoms with Crippen LogP contribution in [0.4, 0.5) is 5.82 Å². The molecule has 2 N–H and O–H groups in total. The number of carbonyl (C=O) groups excluding carboxylic acids is 1. The van der Waals surface area contributed by atoms with Gasteiger partial charge in [0.2, 0.25) is 5.91 Å². The molecule has 1 aliphatic heterocycles. The van der Waals surface area contributed by atoms with E-state index < -0.39 is 5.97 Å². The number of carbonyl (C=O) groups is 2. The van der Waals surface area contributed by atoms with Crippen LogP contribution < -0.4 is 5.32 Å². The van der Waals surface area contributed by atoms with E-state index in [4.69, 9.17) is 5.11 Å². The molecule has 0 aliphatic carbocycles. The maximum Gasteiger partial charge on any atom is 0.328 e. The summed E-state index contributed by atoms with van der Waals surface area (Å²) < 4.78 is 0. The van der Waals surface area contributed by atoms with Crippen LogP contribution in [-0.4, -0.2) is 33.5 Å². The first-order valence-corrected chi connectivity index (χ1v) is 8.03. The lowest BCUT2D eigenvalue weighted by Gasteiger charge is -2.20. The van der Waals surface area contributed by atoms with Crippen molar-refractivity contribution in [3.05, 3.63) is 30.0 Å². The maximum atomic E-state index is 12.0. The van der Waals surface area contributed by atoms with Gasteiger partial charge in [-0.25, -0.2) is 9.78 Å². The summed E-state index contributed by atoms with van der Waals surface area (Å²) in [5, 5.41) is 11.4. The van der Waals surface area contributed by atoms with Gasteiger partial charge in [0.15, 0.2) is 0 Å². The monoisotopic (exact) mass is 306 g/mol. The minimum Gasteiger partial charge on any atom is -0.478 e. The van der Waals surface area contributed by atoms with Crippen molar-refractivity contribution in [3.63, 3.8) is 0 Å². The van der Waals surface area contributed by atoms with Crippen LogP contribution in [0.1, 0.15) is 24.8 Å². The third kappa shape index (κ3) is 5.59. The fraction of sp³-hybridized carbons (Fsp3) is 0.400. The fourth-order valence-electron chi connectivity index (χ4n) is 2.19. The second-order valence-electron chi connectivity index (χ2n) is 4.95. The van der Waals surface area contributed by atoms with E-state index in [1.807, 2.05) is 11.8 Å². The van der Waals surface area contributed by atoms with Gasteiger partial charge in [-0.15, -0.1) is 0 Å². The van der Waals surface area contributed by atoms with Gasteiger partial charge in [-0.2, -0.15) is 11.8 Å². The van der Waals surface area contributed by atoms with Crippen molar-refractivity contribution in [2.24, 2.45) is 5.92 Å². The van der Waals surface area contributed by atoms with E-state index in [9.17, 15) is 9.59 Å². The van der Waals surface area contributed by atoms with Crippen molar-refractivity contribution in [3.8, 4) is 0 Å². The Morgan fingerprint density at radius 1 is 1.43 bits per heavy atom. The van der Waals surface area contributed by atoms with Gasteiger partial charge in [0.05, 0.1) is 0 Å². The zero-order valence-electron chi connectivity index (χ0n) is 11.6. The highest BCUT2D eigenvalue weighted by Crippen LogP contribution is 2.25. The first kappa shape index (κ1) is 15.6. The van der Waals surface area contributed by atoms with Gasteiger partial charge in [0, 0.05) is 18.7 Å². The molecule has 0 atom stereocenters. The molecule has 0 spiro atoms. The average molecular weight is 306 g/mol. The minimum atomic E-state index is -1.01. The molecular weight excluding hydrogens is 288 g/mol. The van der Waals surface area contributed by atoms with Crippen molar-refractivity contribution in [1.29, 1.82) is 0 Å². The van der Waals surface area contributed by atoms with Crippen molar-refractivity contribution in [2.45, 2.75) is 19.3 Å². The lowest BCUT2D eigenvalue weighted by atomic mass is 9.98. The molecule has 1 aromatic rings. The van der Waals surface area contributed by atoms with Gasteiger partial charge in [0.25, 0.3) is 0 Å². The van der Waals surface area contributed by atoms with Crippen LogP contribution in [0.25, 0.3) is 6.08 Å². The van der Waals surface area contributed by atoms with E-state index in [0.717, 1.165) is 30.4 Å². The highest BCUT2D eigenvalue weighted by atomic mass is 32.2. The van der Waals surface area contributed by atoms with Crippen molar-refractivity contribution < 1.29 is 14.7 Å². The van der Waals surface area contributed by atoms with Gasteiger partial charge >= 0.3 is 5.97 Å². The third-order valence-electron chi connectivity index (χ3n) is 3.28. The second-order valence-corrected chi connectivity index (χ2v) is 6.18. The van der Waals surface area contributed by atoms with Crippen LogP contribution in [0, 0.1) is 5.92 Å². The number of nitrogens with zero attached hydrogens (tertiary/aromatic N) is 1. The van der Waals surface area contributed by atoms with Crippen molar-refractivity contribution >= 4 is 35.5 Å². The second kappa shape index (κ2) is 7.83. The number of aliphatic carboxylic acids is 1. The summed E-state index contributed by atoms with van der Waals surface area (Å²) in [5.41, 5.74) is 0.691. The smallest absolute Gasteiger partial charge is 0.328 e. The lowest BCUT2D eigenvalue weighted by Crippen LogP contribution is -2.20. The predicted octanol–water partition coefficient (Wildman–Crippen LogP) is 2.65. The van der Waals surface area contributed by atoms with Gasteiger partial charge in [-0.05, 0) is 54.0 Å². The minimum absolute atomic E-state index is 0.0289. The summed E-state index contributed by atoms with van der Waals surface area (Å²) in [5.74, 6) is 2.14. The van der Waals surface area contributed by atoms with Crippen LogP contribution in [0.3, 0.4) is 0 Å². The van der Waals surface area contributed by atoms with E-state index in [2.05, 4.69) is 10.3 Å². The van der Waals surface area contributed by atoms with Gasteiger partial charge in [-0.3, -0.25) is 4.79 Å². The molecule has 5 nitrogen and oxygen atoms in total. The Bertz CT molecular complexity index is 539. The summed E-state index contributed by atoms with van der Waals surface area (Å²) in [6.07, 6.45) is 6.78. The highest BCUT2D eigenvalue weighted by molar-refractivity contribution is 7.99. The molecule has 0 bridgehead atoms. The van der Waals surface area contributed by atoms with Gasteiger partial charge in [-0.1, -0.05) is 0 Å². The molecule has 112 valence electrons. The normalized spacial score (nSPS) is 16.0. The average Bonchev–Trinajstić information content (AvgIpc) is 2.46. The number of carboxylic acid groups (broad SMARTS) is 1. The van der Waals surface area contributed by atoms with Crippen LogP contribution in [0.2, 0.25) is 0 Å². The number of thioether (sulfide) groups is 1. The lowest BCUT2D eigenvalue weighted by molar-refractivity contribution is -0.131. The first-order valence-electron chi connectivity index (χ1n) is 6.88. The number of anilines is 1. The molecule has 0 unspecified atom stereocenters. The zero-order chi connectivity index (χ0) is 15.1. The molecule has 0 aromatic carbocycles. The van der Waals surface area contributed by atoms with E-state index in [-0.39, 0.29) is 5.91 Å². The molecule has 0 radical (unpaired) electrons. The Morgan fingerprint density at radius 2 is 2.19 bits per heavy atom. The van der Waals surface area contributed by atoms with Crippen LogP contribution >= 0.6 is 11.8 Å². The van der Waals surface area contributed by atoms with Crippen LogP contribution in [0.5, 0.6) is 0 Å². The number of hydrogen-bond donors (Lipinski definition) is 2. The molecule has 2 heterocycles. The molecule has 2 rings (SSSR count). The summed E-state index contributed by atoms with van der Waals surface area (Å²) >= 11 is 1.94. The van der Waals surface area contributed by atoms with Gasteiger partial charge in [0.1, 0.15) is 5.82 Å². The Hall–Kier alpha value is -1.82. The molecule has 1 fully saturated rings. The molecule has 21 heavy (non-hydrogen) atoms. The van der Waals surface area contributed by atoms with Gasteiger partial charge < -0.3 is 10.4 Å². The SMILES string of the molecule is O=C(O)/C=C/c1ccnc(NC(=O)CC2CCSCC2)c1. The number of hydrogen-bond acceptors (Lipinski definition) is 4. The van der Waals surface area contributed by atoms with E-state index in [0.29, 0.717) is 23.7 Å². The summed E-state index contributed by atoms with van der Waals surface area (Å²) in [6, 6.07) is 3.35. The molecule has 6 heteroatoms. The van der Waals surface area contributed by atoms with E-state index >= 15 is 0 Å². The maximum absolute atomic E-state index is 12.0. The van der Waals surface area contributed by atoms with E-state index in [1.165, 1.54) is 6.08 Å². The molecule has 1 saturated heterocycles. The molecule has 1 amide bonds. The number of rotatable bonds is 5. The van der Waals surface area contributed by atoms with E-state index in [1.54, 1.807) is 18.3 Å². The third-order valence-corrected chi connectivity index (χ3v) is 4.33. The molecular formula is C15H18N2O3S. The van der Waals surface area contributed by atoms with Crippen LogP contribution in [-0.2, 0) is 9.59 Å². The largest absolute Gasteiger partial charge is 0.478 e. The van der Waals surface area contributed by atoms with Crippen molar-refractivity contribution in [1.82, 2.24) is 4.98 Å². The summed E-state index contributed by atoms with van der Waals surface area (Å²) in [7, 11) is 0. The zero-order valence-corrected chi connectivity index (χ0v) is 12.4. The topological polar surface area (TPSA) is 79.3 Å². The van der Waals surface area contributed by atoms with Crippen molar-refractivity contribution in [2.75, 3.05) is 16.8 Å². The number of amides is 1. The number of carboxylic acids is 1. The summed E-state index contributed by atoms with van der Waals surface area (Å²) in [6.45, 7) is 0. The molecule has 0 saturated carbocycles. The number of pyridine rings is 1. The Morgan fingerprint density at radius 3 is 2.90 bits per heavy atom. The summed E-state index contributed by atoms with van der Waals surface area (Å²) in [4.78, 5) is 26.6. The van der Waals surface area contributed by atoms with Crippen LogP contribution in [0.15, 0.2) is 24.4 Å². The standard InChI is InChI=1S/C15H18N2O3S/c18-14(10-12-4-7-21-8-5-12)17-13-9-11(3-6-16-13)1-2-15(19)20/h1-3,6,9,12H,4-5,7-8,10H2,(H,19,20)(H,16,17,18)/b2-1+. The first-order chi connectivity index (χ1) is 10.1. The Kier molecular flexibility index (Phi) is 5.80. The highest BCUT2D eigenvalue weighted by Gasteiger charge is 2.17. The molecule has 1 aromatic heterocycles. The predicted molar refractivity (Wildman–Crippen MR) is 84.2 cm³/mol. The quantitative estimate of drug-likeness (QED) is 0.818. The fourth-order valence-corrected chi connectivity index (χ4v) is 3.40. The Balaban J connectivity index is 1.90. The Labute approximate surface area is 127 Å². The number of nitrogens with one attached hydrogen (secondary N) is 1.